The molecule has 0 aliphatic carbocycles. The highest BCUT2D eigenvalue weighted by molar-refractivity contribution is 7.91. The van der Waals surface area contributed by atoms with Crippen LogP contribution in [0.2, 0.25) is 0 Å². The van der Waals surface area contributed by atoms with Gasteiger partial charge >= 0.3 is 0 Å². The molecule has 9 nitrogen and oxygen atoms in total. The highest BCUT2D eigenvalue weighted by Crippen LogP contribution is 2.18. The topological polar surface area (TPSA) is 119 Å². The second-order valence-electron chi connectivity index (χ2n) is 5.58. The second kappa shape index (κ2) is 6.48. The van der Waals surface area contributed by atoms with Crippen LogP contribution in [0.25, 0.3) is 5.69 Å². The van der Waals surface area contributed by atoms with Gasteiger partial charge < -0.3 is 0 Å². The number of nitrogens with zero attached hydrogens (tertiary/aromatic N) is 5. The number of hydrogen-bond donors (Lipinski definition) is 1. The molecule has 1 amide bonds. The number of benzene rings is 1. The molecular formula is C14H16N6O3S. The number of sulfone groups is 1. The quantitative estimate of drug-likeness (QED) is 0.610. The van der Waals surface area contributed by atoms with Crippen molar-refractivity contribution >= 4 is 21.5 Å². The Balaban J connectivity index is 1.70. The molecule has 10 heteroatoms. The van der Waals surface area contributed by atoms with Crippen LogP contribution in [0.4, 0.5) is 0 Å². The van der Waals surface area contributed by atoms with Crippen LogP contribution < -0.4 is 5.43 Å². The van der Waals surface area contributed by atoms with Gasteiger partial charge in [-0.3, -0.25) is 4.79 Å². The lowest BCUT2D eigenvalue weighted by Gasteiger charge is -2.07. The Hall–Kier alpha value is -2.62. The molecule has 0 saturated carbocycles. The summed E-state index contributed by atoms with van der Waals surface area (Å²) in [6.45, 7) is 1.75. The van der Waals surface area contributed by atoms with Crippen molar-refractivity contribution < 1.29 is 13.2 Å². The number of amides is 1. The predicted octanol–water partition coefficient (Wildman–Crippen LogP) is -0.0628. The molecule has 1 fully saturated rings. The van der Waals surface area contributed by atoms with Crippen molar-refractivity contribution in [3.8, 4) is 5.69 Å². The van der Waals surface area contributed by atoms with Crippen molar-refractivity contribution in [1.82, 2.24) is 25.6 Å². The van der Waals surface area contributed by atoms with Gasteiger partial charge in [0.25, 0.3) is 0 Å². The van der Waals surface area contributed by atoms with E-state index in [2.05, 4.69) is 26.1 Å². The van der Waals surface area contributed by atoms with Crippen molar-refractivity contribution in [3.05, 3.63) is 36.2 Å². The summed E-state index contributed by atoms with van der Waals surface area (Å²) >= 11 is 0. The van der Waals surface area contributed by atoms with Crippen LogP contribution in [0.5, 0.6) is 0 Å². The van der Waals surface area contributed by atoms with E-state index in [0.29, 0.717) is 12.1 Å². The molecular weight excluding hydrogens is 332 g/mol. The van der Waals surface area contributed by atoms with Crippen molar-refractivity contribution in [2.24, 2.45) is 11.0 Å². The maximum atomic E-state index is 12.0. The third-order valence-electron chi connectivity index (χ3n) is 3.81. The first-order valence-electron chi connectivity index (χ1n) is 7.33. The lowest BCUT2D eigenvalue weighted by atomic mass is 10.1. The SMILES string of the molecule is C/C(=N/NC(=O)[C@@H]1CCS(=O)(=O)C1)c1cccc(-n2cnnn2)c1. The Morgan fingerprint density at radius 2 is 2.25 bits per heavy atom. The van der Waals surface area contributed by atoms with Crippen molar-refractivity contribution in [3.63, 3.8) is 0 Å². The average molecular weight is 348 g/mol. The van der Waals surface area contributed by atoms with E-state index in [0.717, 1.165) is 11.3 Å². The van der Waals surface area contributed by atoms with Gasteiger partial charge in [-0.25, -0.2) is 18.5 Å². The summed E-state index contributed by atoms with van der Waals surface area (Å²) in [6.07, 6.45) is 1.82. The molecule has 0 bridgehead atoms. The maximum absolute atomic E-state index is 12.0. The Morgan fingerprint density at radius 1 is 1.42 bits per heavy atom. The van der Waals surface area contributed by atoms with Gasteiger partial charge in [0, 0.05) is 0 Å². The largest absolute Gasteiger partial charge is 0.273 e. The van der Waals surface area contributed by atoms with Gasteiger partial charge in [0.1, 0.15) is 6.33 Å². The highest BCUT2D eigenvalue weighted by Gasteiger charge is 2.32. The number of nitrogens with one attached hydrogen (secondary N) is 1. The molecule has 2 heterocycles. The molecule has 3 rings (SSSR count). The Bertz CT molecular complexity index is 876. The Kier molecular flexibility index (Phi) is 4.38. The molecule has 1 N–H and O–H groups in total. The normalized spacial score (nSPS) is 20.0. The van der Waals surface area contributed by atoms with Gasteiger partial charge in [0.15, 0.2) is 9.84 Å². The summed E-state index contributed by atoms with van der Waals surface area (Å²) in [4.78, 5) is 12.0. The first-order chi connectivity index (χ1) is 11.4. The molecule has 0 radical (unpaired) electrons. The number of rotatable bonds is 4. The molecule has 0 spiro atoms. The van der Waals surface area contributed by atoms with Crippen LogP contribution in [0.15, 0.2) is 35.7 Å². The number of tetrazole rings is 1. The van der Waals surface area contributed by atoms with Gasteiger partial charge in [0.2, 0.25) is 5.91 Å². The van der Waals surface area contributed by atoms with Crippen LogP contribution in [0.3, 0.4) is 0 Å². The summed E-state index contributed by atoms with van der Waals surface area (Å²) in [7, 11) is -3.09. The predicted molar refractivity (Wildman–Crippen MR) is 86.3 cm³/mol. The molecule has 2 aromatic rings. The zero-order valence-corrected chi connectivity index (χ0v) is 13.8. The van der Waals surface area contributed by atoms with E-state index >= 15 is 0 Å². The Labute approximate surface area is 138 Å². The van der Waals surface area contributed by atoms with Crippen molar-refractivity contribution in [1.29, 1.82) is 0 Å². The molecule has 1 atom stereocenters. The molecule has 126 valence electrons. The summed E-state index contributed by atoms with van der Waals surface area (Å²) in [5, 5.41) is 15.1. The third kappa shape index (κ3) is 3.65. The van der Waals surface area contributed by atoms with Gasteiger partial charge in [0.05, 0.1) is 28.8 Å². The highest BCUT2D eigenvalue weighted by atomic mass is 32.2. The lowest BCUT2D eigenvalue weighted by Crippen LogP contribution is -2.28. The molecule has 1 aliphatic rings. The summed E-state index contributed by atoms with van der Waals surface area (Å²) in [5.41, 5.74) is 4.61. The molecule has 1 aromatic carbocycles. The maximum Gasteiger partial charge on any atom is 0.244 e. The minimum atomic E-state index is -3.09. The molecule has 1 saturated heterocycles. The van der Waals surface area contributed by atoms with Gasteiger partial charge in [-0.05, 0) is 41.5 Å². The lowest BCUT2D eigenvalue weighted by molar-refractivity contribution is -0.124. The summed E-state index contributed by atoms with van der Waals surface area (Å²) in [6, 6.07) is 7.35. The zero-order valence-electron chi connectivity index (χ0n) is 13.0. The van der Waals surface area contributed by atoms with E-state index in [9.17, 15) is 13.2 Å². The average Bonchev–Trinajstić information content (AvgIpc) is 3.22. The first-order valence-corrected chi connectivity index (χ1v) is 9.15. The number of hydrogen-bond acceptors (Lipinski definition) is 7. The van der Waals surface area contributed by atoms with E-state index in [-0.39, 0.29) is 17.4 Å². The van der Waals surface area contributed by atoms with Crippen LogP contribution in [0, 0.1) is 5.92 Å². The van der Waals surface area contributed by atoms with Crippen molar-refractivity contribution in [2.75, 3.05) is 11.5 Å². The smallest absolute Gasteiger partial charge is 0.244 e. The summed E-state index contributed by atoms with van der Waals surface area (Å²) < 4.78 is 24.4. The fourth-order valence-corrected chi connectivity index (χ4v) is 4.19. The van der Waals surface area contributed by atoms with E-state index in [1.54, 1.807) is 6.92 Å². The summed E-state index contributed by atoms with van der Waals surface area (Å²) in [5.74, 6) is -0.949. The van der Waals surface area contributed by atoms with Crippen LogP contribution in [0.1, 0.15) is 18.9 Å². The number of aromatic nitrogens is 4. The Morgan fingerprint density at radius 3 is 2.92 bits per heavy atom. The monoisotopic (exact) mass is 348 g/mol. The number of carbonyl (C=O) groups excluding carboxylic acids is 1. The second-order valence-corrected chi connectivity index (χ2v) is 7.81. The molecule has 1 aromatic heterocycles. The minimum absolute atomic E-state index is 0.0573. The fourth-order valence-electron chi connectivity index (χ4n) is 2.45. The minimum Gasteiger partial charge on any atom is -0.273 e. The first kappa shape index (κ1) is 16.2. The number of carbonyl (C=O) groups is 1. The van der Waals surface area contributed by atoms with E-state index in [1.807, 2.05) is 24.3 Å². The van der Waals surface area contributed by atoms with Gasteiger partial charge in [-0.2, -0.15) is 5.10 Å². The molecule has 1 aliphatic heterocycles. The fraction of sp³-hybridized carbons (Fsp3) is 0.357. The third-order valence-corrected chi connectivity index (χ3v) is 5.58. The standard InChI is InChI=1S/C14H16N6O3S/c1-10(16-17-14(21)12-5-6-24(22,23)8-12)11-3-2-4-13(7-11)20-9-15-18-19-20/h2-4,7,9,12H,5-6,8H2,1H3,(H,17,21)/b16-10-/t12-/m1/s1. The van der Waals surface area contributed by atoms with Crippen molar-refractivity contribution in [2.45, 2.75) is 13.3 Å². The van der Waals surface area contributed by atoms with E-state index in [4.69, 9.17) is 0 Å². The van der Waals surface area contributed by atoms with Gasteiger partial charge in [-0.15, -0.1) is 5.10 Å². The van der Waals surface area contributed by atoms with Gasteiger partial charge in [-0.1, -0.05) is 12.1 Å². The van der Waals surface area contributed by atoms with E-state index < -0.39 is 15.8 Å². The zero-order chi connectivity index (χ0) is 17.2. The van der Waals surface area contributed by atoms with Crippen LogP contribution in [-0.4, -0.2) is 51.7 Å². The van der Waals surface area contributed by atoms with Crippen LogP contribution in [-0.2, 0) is 14.6 Å². The van der Waals surface area contributed by atoms with E-state index in [1.165, 1.54) is 11.0 Å². The molecule has 24 heavy (non-hydrogen) atoms. The molecule has 0 unspecified atom stereocenters. The number of hydrazone groups is 1. The van der Waals surface area contributed by atoms with Crippen LogP contribution >= 0.6 is 0 Å².